The summed E-state index contributed by atoms with van der Waals surface area (Å²) in [5.41, 5.74) is 2.36. The molecule has 0 saturated carbocycles. The number of rotatable bonds is 9. The summed E-state index contributed by atoms with van der Waals surface area (Å²) in [4.78, 5) is 4.69. The first-order chi connectivity index (χ1) is 13.2. The van der Waals surface area contributed by atoms with E-state index in [1.165, 1.54) is 5.69 Å². The predicted molar refractivity (Wildman–Crippen MR) is 108 cm³/mol. The van der Waals surface area contributed by atoms with Crippen LogP contribution in [0.5, 0.6) is 5.75 Å². The van der Waals surface area contributed by atoms with Crippen LogP contribution in [0, 0.1) is 0 Å². The Bertz CT molecular complexity index is 655. The first-order valence-electron chi connectivity index (χ1n) is 9.74. The van der Waals surface area contributed by atoms with Crippen molar-refractivity contribution in [2.45, 2.75) is 19.6 Å². The molecule has 3 rings (SSSR count). The third-order valence-electron chi connectivity index (χ3n) is 4.78. The van der Waals surface area contributed by atoms with Crippen molar-refractivity contribution in [3.63, 3.8) is 0 Å². The minimum atomic E-state index is -0.453. The Labute approximate surface area is 162 Å². The second-order valence-corrected chi connectivity index (χ2v) is 6.87. The molecule has 0 aliphatic carbocycles. The van der Waals surface area contributed by atoms with Crippen LogP contribution in [-0.2, 0) is 11.3 Å². The van der Waals surface area contributed by atoms with E-state index in [0.717, 1.165) is 37.5 Å². The summed E-state index contributed by atoms with van der Waals surface area (Å²) in [7, 11) is 0. The van der Waals surface area contributed by atoms with Crippen LogP contribution < -0.4 is 9.64 Å². The van der Waals surface area contributed by atoms with Gasteiger partial charge in [-0.2, -0.15) is 0 Å². The van der Waals surface area contributed by atoms with Crippen molar-refractivity contribution < 1.29 is 14.6 Å². The van der Waals surface area contributed by atoms with Gasteiger partial charge in [-0.25, -0.2) is 0 Å². The van der Waals surface area contributed by atoms with E-state index in [1.807, 2.05) is 49.4 Å². The molecule has 1 heterocycles. The number of piperazine rings is 1. The van der Waals surface area contributed by atoms with Crippen molar-refractivity contribution in [1.82, 2.24) is 4.90 Å². The van der Waals surface area contributed by atoms with E-state index in [2.05, 4.69) is 21.9 Å². The van der Waals surface area contributed by atoms with E-state index in [1.54, 1.807) is 0 Å². The number of benzene rings is 2. The summed E-state index contributed by atoms with van der Waals surface area (Å²) in [5.74, 6) is 0.915. The highest BCUT2D eigenvalue weighted by atomic mass is 16.5. The average Bonchev–Trinajstić information content (AvgIpc) is 2.70. The van der Waals surface area contributed by atoms with Gasteiger partial charge in [-0.1, -0.05) is 30.3 Å². The quantitative estimate of drug-likeness (QED) is 0.735. The van der Waals surface area contributed by atoms with Crippen LogP contribution in [0.4, 0.5) is 5.69 Å². The van der Waals surface area contributed by atoms with Crippen LogP contribution in [0.25, 0.3) is 0 Å². The lowest BCUT2D eigenvalue weighted by Crippen LogP contribution is -2.49. The number of hydrogen-bond donors (Lipinski definition) is 1. The molecule has 0 aromatic heterocycles. The molecule has 0 bridgehead atoms. The lowest BCUT2D eigenvalue weighted by Gasteiger charge is -2.36. The van der Waals surface area contributed by atoms with Gasteiger partial charge in [-0.3, -0.25) is 4.90 Å². The second-order valence-electron chi connectivity index (χ2n) is 6.87. The van der Waals surface area contributed by atoms with E-state index >= 15 is 0 Å². The fraction of sp³-hybridized carbons (Fsp3) is 0.455. The highest BCUT2D eigenvalue weighted by Gasteiger charge is 2.19. The van der Waals surface area contributed by atoms with Gasteiger partial charge in [0.1, 0.15) is 5.75 Å². The Balaban J connectivity index is 1.36. The van der Waals surface area contributed by atoms with Crippen molar-refractivity contribution in [3.05, 3.63) is 60.2 Å². The van der Waals surface area contributed by atoms with Crippen molar-refractivity contribution in [3.8, 4) is 5.75 Å². The Morgan fingerprint density at radius 1 is 0.963 bits per heavy atom. The molecule has 5 nitrogen and oxygen atoms in total. The van der Waals surface area contributed by atoms with Crippen molar-refractivity contribution in [2.24, 2.45) is 0 Å². The zero-order valence-electron chi connectivity index (χ0n) is 16.1. The summed E-state index contributed by atoms with van der Waals surface area (Å²) < 4.78 is 11.1. The van der Waals surface area contributed by atoms with Gasteiger partial charge in [0.2, 0.25) is 0 Å². The number of aliphatic hydroxyl groups excluding tert-OH is 1. The van der Waals surface area contributed by atoms with Gasteiger partial charge in [0, 0.05) is 38.4 Å². The summed E-state index contributed by atoms with van der Waals surface area (Å²) in [6.07, 6.45) is -0.453. The Morgan fingerprint density at radius 2 is 1.67 bits per heavy atom. The van der Waals surface area contributed by atoms with Gasteiger partial charge in [-0.05, 0) is 36.8 Å². The molecule has 0 radical (unpaired) electrons. The van der Waals surface area contributed by atoms with Crippen molar-refractivity contribution in [1.29, 1.82) is 0 Å². The molecule has 1 N–H and O–H groups in total. The lowest BCUT2D eigenvalue weighted by molar-refractivity contribution is 0.00914. The molecule has 1 aliphatic heterocycles. The Kier molecular flexibility index (Phi) is 7.51. The summed E-state index contributed by atoms with van der Waals surface area (Å²) >= 11 is 0. The third kappa shape index (κ3) is 6.24. The molecule has 1 atom stereocenters. The molecule has 5 heteroatoms. The van der Waals surface area contributed by atoms with Crippen molar-refractivity contribution in [2.75, 3.05) is 50.8 Å². The number of nitrogens with zero attached hydrogens (tertiary/aromatic N) is 2. The van der Waals surface area contributed by atoms with Crippen molar-refractivity contribution >= 4 is 5.69 Å². The maximum atomic E-state index is 10.2. The minimum absolute atomic E-state index is 0.369. The molecule has 1 unspecified atom stereocenters. The van der Waals surface area contributed by atoms with E-state index < -0.39 is 6.10 Å². The van der Waals surface area contributed by atoms with Gasteiger partial charge in [0.15, 0.2) is 0 Å². The number of ether oxygens (including phenoxy) is 2. The maximum absolute atomic E-state index is 10.2. The first kappa shape index (κ1) is 19.7. The largest absolute Gasteiger partial charge is 0.494 e. The Hall–Kier alpha value is -2.08. The van der Waals surface area contributed by atoms with Gasteiger partial charge < -0.3 is 19.5 Å². The van der Waals surface area contributed by atoms with Crippen LogP contribution in [0.15, 0.2) is 54.6 Å². The molecule has 2 aromatic carbocycles. The van der Waals surface area contributed by atoms with Crippen LogP contribution in [0.2, 0.25) is 0 Å². The molecular weight excluding hydrogens is 340 g/mol. The molecule has 1 aliphatic rings. The number of anilines is 1. The smallest absolute Gasteiger partial charge is 0.119 e. The number of aliphatic hydroxyl groups is 1. The lowest BCUT2D eigenvalue weighted by atomic mass is 10.2. The van der Waals surface area contributed by atoms with Crippen LogP contribution in [-0.4, -0.2) is 62.0 Å². The van der Waals surface area contributed by atoms with Crippen LogP contribution >= 0.6 is 0 Å². The molecule has 1 fully saturated rings. The molecule has 1 saturated heterocycles. The minimum Gasteiger partial charge on any atom is -0.494 e. The van der Waals surface area contributed by atoms with Crippen LogP contribution in [0.1, 0.15) is 12.5 Å². The monoisotopic (exact) mass is 370 g/mol. The first-order valence-corrected chi connectivity index (χ1v) is 9.74. The standard InChI is InChI=1S/C22H30N2O3/c1-2-27-22-10-8-20(9-11-22)24-14-12-23(13-15-24)16-21(25)18-26-17-19-6-4-3-5-7-19/h3-11,21,25H,2,12-18H2,1H3. The summed E-state index contributed by atoms with van der Waals surface area (Å²) in [5, 5.41) is 10.2. The molecule has 0 amide bonds. The SMILES string of the molecule is CCOc1ccc(N2CCN(CC(O)COCc3ccccc3)CC2)cc1. The van der Waals surface area contributed by atoms with Gasteiger partial charge in [0.25, 0.3) is 0 Å². The molecule has 27 heavy (non-hydrogen) atoms. The highest BCUT2D eigenvalue weighted by Crippen LogP contribution is 2.20. The Morgan fingerprint density at radius 3 is 2.33 bits per heavy atom. The molecule has 0 spiro atoms. The zero-order valence-corrected chi connectivity index (χ0v) is 16.1. The van der Waals surface area contributed by atoms with E-state index in [-0.39, 0.29) is 0 Å². The maximum Gasteiger partial charge on any atom is 0.119 e. The summed E-state index contributed by atoms with van der Waals surface area (Å²) in [6, 6.07) is 18.3. The van der Waals surface area contributed by atoms with Gasteiger partial charge >= 0.3 is 0 Å². The molecule has 146 valence electrons. The van der Waals surface area contributed by atoms with Gasteiger partial charge in [-0.15, -0.1) is 0 Å². The number of β-amino-alcohol motifs (C(OH)–C–C–N with tert-alkyl or cyclic N) is 1. The zero-order chi connectivity index (χ0) is 18.9. The van der Waals surface area contributed by atoms with E-state index in [9.17, 15) is 5.11 Å². The molecular formula is C22H30N2O3. The fourth-order valence-corrected chi connectivity index (χ4v) is 3.35. The third-order valence-corrected chi connectivity index (χ3v) is 4.78. The molecule has 2 aromatic rings. The van der Waals surface area contributed by atoms with E-state index in [4.69, 9.17) is 9.47 Å². The van der Waals surface area contributed by atoms with E-state index in [0.29, 0.717) is 26.4 Å². The van der Waals surface area contributed by atoms with Crippen LogP contribution in [0.3, 0.4) is 0 Å². The van der Waals surface area contributed by atoms with Gasteiger partial charge in [0.05, 0.1) is 25.9 Å². The average molecular weight is 370 g/mol. The highest BCUT2D eigenvalue weighted by molar-refractivity contribution is 5.49. The second kappa shape index (κ2) is 10.3. The fourth-order valence-electron chi connectivity index (χ4n) is 3.35. The topological polar surface area (TPSA) is 45.2 Å². The normalized spacial score (nSPS) is 16.3. The predicted octanol–water partition coefficient (Wildman–Crippen LogP) is 2.79. The number of hydrogen-bond acceptors (Lipinski definition) is 5. The summed E-state index contributed by atoms with van der Waals surface area (Å²) in [6.45, 7) is 8.08.